The molecule has 152 valence electrons. The van der Waals surface area contributed by atoms with Gasteiger partial charge in [-0.2, -0.15) is 0 Å². The van der Waals surface area contributed by atoms with Crippen LogP contribution < -0.4 is 14.2 Å². The SMILES string of the molecule is CCOc1ccc(S(=O)(=O)NCCC(=O)OCCOc2cccc(Br)c2)cc1. The van der Waals surface area contributed by atoms with Gasteiger partial charge in [0.15, 0.2) is 0 Å². The first-order valence-electron chi connectivity index (χ1n) is 8.67. The van der Waals surface area contributed by atoms with Crippen molar-refractivity contribution in [3.8, 4) is 11.5 Å². The van der Waals surface area contributed by atoms with Gasteiger partial charge in [-0.3, -0.25) is 4.79 Å². The smallest absolute Gasteiger partial charge is 0.307 e. The van der Waals surface area contributed by atoms with Gasteiger partial charge in [-0.1, -0.05) is 22.0 Å². The van der Waals surface area contributed by atoms with E-state index in [-0.39, 0.29) is 31.1 Å². The number of sulfonamides is 1. The Kier molecular flexibility index (Phi) is 8.75. The Morgan fingerprint density at radius 1 is 1.04 bits per heavy atom. The van der Waals surface area contributed by atoms with Gasteiger partial charge in [0.25, 0.3) is 0 Å². The molecule has 0 heterocycles. The second-order valence-corrected chi connectivity index (χ2v) is 8.26. The van der Waals surface area contributed by atoms with Crippen LogP contribution >= 0.6 is 15.9 Å². The van der Waals surface area contributed by atoms with Crippen molar-refractivity contribution in [1.29, 1.82) is 0 Å². The average molecular weight is 472 g/mol. The van der Waals surface area contributed by atoms with Crippen LogP contribution in [0.15, 0.2) is 57.9 Å². The van der Waals surface area contributed by atoms with Gasteiger partial charge in [0.2, 0.25) is 10.0 Å². The van der Waals surface area contributed by atoms with Crippen molar-refractivity contribution in [2.45, 2.75) is 18.2 Å². The van der Waals surface area contributed by atoms with Crippen LogP contribution in [0.5, 0.6) is 11.5 Å². The third-order valence-electron chi connectivity index (χ3n) is 3.48. The Balaban J connectivity index is 1.67. The largest absolute Gasteiger partial charge is 0.494 e. The van der Waals surface area contributed by atoms with Gasteiger partial charge in [0, 0.05) is 11.0 Å². The van der Waals surface area contributed by atoms with Crippen LogP contribution in [0, 0.1) is 0 Å². The van der Waals surface area contributed by atoms with Gasteiger partial charge in [0.1, 0.15) is 24.7 Å². The molecule has 2 aromatic carbocycles. The van der Waals surface area contributed by atoms with E-state index in [1.807, 2.05) is 19.1 Å². The van der Waals surface area contributed by atoms with E-state index in [9.17, 15) is 13.2 Å². The number of halogens is 1. The molecule has 0 amide bonds. The standard InChI is InChI=1S/C19H22BrNO6S/c1-2-25-16-6-8-18(9-7-16)28(23,24)21-11-10-19(22)27-13-12-26-17-5-3-4-15(20)14-17/h3-9,14,21H,2,10-13H2,1H3. The van der Waals surface area contributed by atoms with E-state index >= 15 is 0 Å². The fraction of sp³-hybridized carbons (Fsp3) is 0.316. The summed E-state index contributed by atoms with van der Waals surface area (Å²) < 4.78 is 43.4. The second kappa shape index (κ2) is 11.0. The van der Waals surface area contributed by atoms with Crippen molar-refractivity contribution < 1.29 is 27.4 Å². The molecular formula is C19H22BrNO6S. The van der Waals surface area contributed by atoms with Crippen molar-refractivity contribution in [2.24, 2.45) is 0 Å². The molecule has 0 fully saturated rings. The lowest BCUT2D eigenvalue weighted by atomic mass is 10.3. The molecule has 0 atom stereocenters. The maximum atomic E-state index is 12.2. The zero-order valence-corrected chi connectivity index (χ0v) is 17.8. The first-order chi connectivity index (χ1) is 13.4. The summed E-state index contributed by atoms with van der Waals surface area (Å²) in [5.41, 5.74) is 0. The topological polar surface area (TPSA) is 90.9 Å². The number of rotatable bonds is 11. The van der Waals surface area contributed by atoms with Gasteiger partial charge < -0.3 is 14.2 Å². The van der Waals surface area contributed by atoms with E-state index in [0.29, 0.717) is 18.1 Å². The highest BCUT2D eigenvalue weighted by Gasteiger charge is 2.14. The minimum absolute atomic E-state index is 0.0547. The molecule has 0 bridgehead atoms. The summed E-state index contributed by atoms with van der Waals surface area (Å²) in [6.45, 7) is 2.58. The molecule has 0 saturated carbocycles. The zero-order valence-electron chi connectivity index (χ0n) is 15.4. The first-order valence-corrected chi connectivity index (χ1v) is 10.9. The molecule has 0 aliphatic rings. The normalized spacial score (nSPS) is 11.1. The average Bonchev–Trinajstić information content (AvgIpc) is 2.66. The zero-order chi connectivity index (χ0) is 20.4. The van der Waals surface area contributed by atoms with Gasteiger partial charge in [0.05, 0.1) is 17.9 Å². The van der Waals surface area contributed by atoms with Crippen LogP contribution in [0.25, 0.3) is 0 Å². The van der Waals surface area contributed by atoms with Crippen LogP contribution in [0.3, 0.4) is 0 Å². The van der Waals surface area contributed by atoms with E-state index < -0.39 is 16.0 Å². The highest BCUT2D eigenvalue weighted by atomic mass is 79.9. The molecule has 0 aromatic heterocycles. The fourth-order valence-corrected chi connectivity index (χ4v) is 3.61. The van der Waals surface area contributed by atoms with Crippen LogP contribution in [0.2, 0.25) is 0 Å². The summed E-state index contributed by atoms with van der Waals surface area (Å²) in [6.07, 6.45) is -0.0762. The molecule has 0 spiro atoms. The van der Waals surface area contributed by atoms with Crippen LogP contribution in [-0.2, 0) is 19.6 Å². The Hall–Kier alpha value is -2.10. The van der Waals surface area contributed by atoms with E-state index in [2.05, 4.69) is 20.7 Å². The van der Waals surface area contributed by atoms with E-state index in [1.165, 1.54) is 12.1 Å². The predicted octanol–water partition coefficient (Wildman–Crippen LogP) is 3.14. The molecule has 7 nitrogen and oxygen atoms in total. The predicted molar refractivity (Wildman–Crippen MR) is 108 cm³/mol. The molecule has 0 aliphatic carbocycles. The van der Waals surface area contributed by atoms with E-state index in [1.54, 1.807) is 24.3 Å². The molecule has 28 heavy (non-hydrogen) atoms. The number of carbonyl (C=O) groups excluding carboxylic acids is 1. The van der Waals surface area contributed by atoms with Crippen molar-refractivity contribution >= 4 is 31.9 Å². The minimum Gasteiger partial charge on any atom is -0.494 e. The lowest BCUT2D eigenvalue weighted by molar-refractivity contribution is -0.144. The van der Waals surface area contributed by atoms with Crippen molar-refractivity contribution in [3.63, 3.8) is 0 Å². The Bertz CT molecular complexity index is 870. The lowest BCUT2D eigenvalue weighted by Gasteiger charge is -2.09. The molecular weight excluding hydrogens is 450 g/mol. The van der Waals surface area contributed by atoms with Crippen molar-refractivity contribution in [3.05, 3.63) is 53.0 Å². The number of ether oxygens (including phenoxy) is 3. The first kappa shape index (κ1) is 22.2. The summed E-state index contributed by atoms with van der Waals surface area (Å²) in [5, 5.41) is 0. The van der Waals surface area contributed by atoms with Crippen molar-refractivity contribution in [1.82, 2.24) is 4.72 Å². The van der Waals surface area contributed by atoms with Crippen LogP contribution in [0.1, 0.15) is 13.3 Å². The second-order valence-electron chi connectivity index (χ2n) is 5.58. The fourth-order valence-electron chi connectivity index (χ4n) is 2.20. The number of benzene rings is 2. The van der Waals surface area contributed by atoms with Gasteiger partial charge >= 0.3 is 5.97 Å². The molecule has 0 aliphatic heterocycles. The third kappa shape index (κ3) is 7.49. The molecule has 1 N–H and O–H groups in total. The number of esters is 1. The van der Waals surface area contributed by atoms with E-state index in [0.717, 1.165) is 4.47 Å². The van der Waals surface area contributed by atoms with Crippen LogP contribution in [0.4, 0.5) is 0 Å². The van der Waals surface area contributed by atoms with Crippen molar-refractivity contribution in [2.75, 3.05) is 26.4 Å². The molecule has 2 rings (SSSR count). The highest BCUT2D eigenvalue weighted by molar-refractivity contribution is 9.10. The van der Waals surface area contributed by atoms with Gasteiger partial charge in [-0.05, 0) is 49.4 Å². The Labute approximate surface area is 173 Å². The van der Waals surface area contributed by atoms with Gasteiger partial charge in [-0.15, -0.1) is 0 Å². The van der Waals surface area contributed by atoms with Crippen LogP contribution in [-0.4, -0.2) is 40.8 Å². The number of hydrogen-bond acceptors (Lipinski definition) is 6. The maximum Gasteiger partial charge on any atom is 0.307 e. The summed E-state index contributed by atoms with van der Waals surface area (Å²) >= 11 is 3.34. The third-order valence-corrected chi connectivity index (χ3v) is 5.45. The molecule has 0 saturated heterocycles. The summed E-state index contributed by atoms with van der Waals surface area (Å²) in [6, 6.07) is 13.4. The molecule has 0 radical (unpaired) electrons. The maximum absolute atomic E-state index is 12.2. The summed E-state index contributed by atoms with van der Waals surface area (Å²) in [7, 11) is -3.70. The quantitative estimate of drug-likeness (QED) is 0.399. The lowest BCUT2D eigenvalue weighted by Crippen LogP contribution is -2.27. The Morgan fingerprint density at radius 2 is 1.79 bits per heavy atom. The summed E-state index contributed by atoms with van der Waals surface area (Å²) in [4.78, 5) is 11.8. The number of carbonyl (C=O) groups is 1. The number of nitrogens with one attached hydrogen (secondary N) is 1. The Morgan fingerprint density at radius 3 is 2.46 bits per heavy atom. The number of hydrogen-bond donors (Lipinski definition) is 1. The minimum atomic E-state index is -3.70. The highest BCUT2D eigenvalue weighted by Crippen LogP contribution is 2.17. The molecule has 2 aromatic rings. The monoisotopic (exact) mass is 471 g/mol. The summed E-state index contributed by atoms with van der Waals surface area (Å²) in [5.74, 6) is 0.746. The van der Waals surface area contributed by atoms with E-state index in [4.69, 9.17) is 14.2 Å². The molecule has 0 unspecified atom stereocenters. The molecule has 9 heteroatoms. The van der Waals surface area contributed by atoms with Gasteiger partial charge in [-0.25, -0.2) is 13.1 Å².